The van der Waals surface area contributed by atoms with Crippen LogP contribution in [0.3, 0.4) is 0 Å². The van der Waals surface area contributed by atoms with Gasteiger partial charge in [-0.25, -0.2) is 4.79 Å². The van der Waals surface area contributed by atoms with E-state index in [1.807, 2.05) is 13.8 Å². The van der Waals surface area contributed by atoms with Crippen molar-refractivity contribution in [3.05, 3.63) is 0 Å². The van der Waals surface area contributed by atoms with Gasteiger partial charge in [0.25, 0.3) is 0 Å². The van der Waals surface area contributed by atoms with Gasteiger partial charge in [-0.15, -0.1) is 0 Å². The summed E-state index contributed by atoms with van der Waals surface area (Å²) in [5.74, 6) is -0.637. The van der Waals surface area contributed by atoms with Gasteiger partial charge in [0, 0.05) is 6.54 Å². The maximum Gasteiger partial charge on any atom is 0.405 e. The Hall–Kier alpha value is -1.47. The molecule has 0 rings (SSSR count). The monoisotopic (exact) mass is 255 g/mol. The van der Waals surface area contributed by atoms with Crippen molar-refractivity contribution in [3.63, 3.8) is 0 Å². The first-order valence-corrected chi connectivity index (χ1v) is 5.06. The number of urea groups is 1. The molecular formula is C9H16F3N3O2. The minimum atomic E-state index is -4.45. The van der Waals surface area contributed by atoms with Crippen LogP contribution in [0.4, 0.5) is 18.0 Å². The van der Waals surface area contributed by atoms with Crippen LogP contribution in [0.5, 0.6) is 0 Å². The summed E-state index contributed by atoms with van der Waals surface area (Å²) < 4.78 is 35.1. The van der Waals surface area contributed by atoms with Gasteiger partial charge in [-0.1, -0.05) is 13.8 Å². The van der Waals surface area contributed by atoms with Crippen molar-refractivity contribution in [1.82, 2.24) is 16.0 Å². The van der Waals surface area contributed by atoms with E-state index in [4.69, 9.17) is 0 Å². The topological polar surface area (TPSA) is 70.2 Å². The Morgan fingerprint density at radius 3 is 2.18 bits per heavy atom. The number of amides is 3. The molecule has 100 valence electrons. The van der Waals surface area contributed by atoms with E-state index < -0.39 is 31.2 Å². The van der Waals surface area contributed by atoms with Gasteiger partial charge in [0.2, 0.25) is 5.91 Å². The Kier molecular flexibility index (Phi) is 6.37. The third-order valence-electron chi connectivity index (χ3n) is 1.57. The van der Waals surface area contributed by atoms with Crippen molar-refractivity contribution in [2.75, 3.05) is 19.6 Å². The van der Waals surface area contributed by atoms with Crippen LogP contribution in [0.2, 0.25) is 0 Å². The van der Waals surface area contributed by atoms with Crippen LogP contribution in [0.1, 0.15) is 13.8 Å². The van der Waals surface area contributed by atoms with E-state index >= 15 is 0 Å². The normalized spacial score (nSPS) is 11.2. The van der Waals surface area contributed by atoms with E-state index in [9.17, 15) is 22.8 Å². The highest BCUT2D eigenvalue weighted by molar-refractivity contribution is 5.83. The maximum absolute atomic E-state index is 11.7. The average Bonchev–Trinajstić information content (AvgIpc) is 2.19. The molecule has 0 radical (unpaired) electrons. The first-order valence-electron chi connectivity index (χ1n) is 5.06. The Bertz CT molecular complexity index is 267. The average molecular weight is 255 g/mol. The van der Waals surface area contributed by atoms with Gasteiger partial charge < -0.3 is 16.0 Å². The molecular weight excluding hydrogens is 239 g/mol. The van der Waals surface area contributed by atoms with Crippen molar-refractivity contribution in [3.8, 4) is 0 Å². The fraction of sp³-hybridized carbons (Fsp3) is 0.778. The van der Waals surface area contributed by atoms with E-state index in [-0.39, 0.29) is 5.92 Å². The summed E-state index contributed by atoms with van der Waals surface area (Å²) in [6.45, 7) is 2.31. The molecule has 0 aromatic heterocycles. The van der Waals surface area contributed by atoms with Gasteiger partial charge in [0.1, 0.15) is 6.54 Å². The number of hydrogen-bond acceptors (Lipinski definition) is 2. The summed E-state index contributed by atoms with van der Waals surface area (Å²) in [4.78, 5) is 21.9. The van der Waals surface area contributed by atoms with E-state index in [0.29, 0.717) is 6.54 Å². The highest BCUT2D eigenvalue weighted by Crippen LogP contribution is 2.11. The number of alkyl halides is 3. The van der Waals surface area contributed by atoms with Gasteiger partial charge in [-0.3, -0.25) is 4.79 Å². The molecule has 0 saturated carbocycles. The highest BCUT2D eigenvalue weighted by Gasteiger charge is 2.27. The first kappa shape index (κ1) is 15.5. The van der Waals surface area contributed by atoms with E-state index in [2.05, 4.69) is 10.6 Å². The van der Waals surface area contributed by atoms with Crippen molar-refractivity contribution < 1.29 is 22.8 Å². The van der Waals surface area contributed by atoms with Crippen LogP contribution in [0, 0.1) is 5.92 Å². The largest absolute Gasteiger partial charge is 0.405 e. The van der Waals surface area contributed by atoms with Crippen LogP contribution in [-0.4, -0.2) is 37.7 Å². The molecule has 0 saturated heterocycles. The molecule has 3 amide bonds. The van der Waals surface area contributed by atoms with Crippen LogP contribution in [0.25, 0.3) is 0 Å². The van der Waals surface area contributed by atoms with Crippen LogP contribution >= 0.6 is 0 Å². The van der Waals surface area contributed by atoms with Crippen molar-refractivity contribution in [2.45, 2.75) is 20.0 Å². The first-order chi connectivity index (χ1) is 7.70. The van der Waals surface area contributed by atoms with Gasteiger partial charge in [0.15, 0.2) is 0 Å². The minimum Gasteiger partial charge on any atom is -0.345 e. The second-order valence-corrected chi connectivity index (χ2v) is 3.85. The lowest BCUT2D eigenvalue weighted by Crippen LogP contribution is -2.44. The molecule has 0 aliphatic rings. The minimum absolute atomic E-state index is 0.250. The molecule has 0 bridgehead atoms. The number of carbonyl (C=O) groups excluding carboxylic acids is 2. The van der Waals surface area contributed by atoms with Gasteiger partial charge in [-0.2, -0.15) is 13.2 Å². The zero-order chi connectivity index (χ0) is 13.5. The summed E-state index contributed by atoms with van der Waals surface area (Å²) >= 11 is 0. The molecule has 3 N–H and O–H groups in total. The lowest BCUT2D eigenvalue weighted by Gasteiger charge is -2.10. The molecule has 0 spiro atoms. The Morgan fingerprint density at radius 2 is 1.71 bits per heavy atom. The number of rotatable bonds is 5. The SMILES string of the molecule is CC(C)CNC(=O)NCC(=O)NCC(F)(F)F. The number of carbonyl (C=O) groups is 2. The summed E-state index contributed by atoms with van der Waals surface area (Å²) in [6, 6.07) is -0.583. The highest BCUT2D eigenvalue weighted by atomic mass is 19.4. The molecule has 5 nitrogen and oxygen atoms in total. The predicted octanol–water partition coefficient (Wildman–Crippen LogP) is 0.620. The van der Waals surface area contributed by atoms with Gasteiger partial charge in [0.05, 0.1) is 6.54 Å². The molecule has 0 aromatic carbocycles. The third-order valence-corrected chi connectivity index (χ3v) is 1.57. The van der Waals surface area contributed by atoms with E-state index in [1.165, 1.54) is 0 Å². The molecule has 17 heavy (non-hydrogen) atoms. The molecule has 0 aliphatic heterocycles. The van der Waals surface area contributed by atoms with Crippen LogP contribution in [0.15, 0.2) is 0 Å². The van der Waals surface area contributed by atoms with Crippen LogP contribution < -0.4 is 16.0 Å². The summed E-state index contributed by atoms with van der Waals surface area (Å²) in [5, 5.41) is 6.24. The Balaban J connectivity index is 3.66. The number of hydrogen-bond donors (Lipinski definition) is 3. The Labute approximate surface area is 97.1 Å². The Morgan fingerprint density at radius 1 is 1.12 bits per heavy atom. The lowest BCUT2D eigenvalue weighted by atomic mass is 10.2. The molecule has 0 unspecified atom stereocenters. The smallest absolute Gasteiger partial charge is 0.345 e. The third kappa shape index (κ3) is 10.8. The molecule has 8 heteroatoms. The zero-order valence-corrected chi connectivity index (χ0v) is 9.65. The molecule has 0 atom stereocenters. The molecule has 0 fully saturated rings. The number of halogens is 3. The predicted molar refractivity (Wildman–Crippen MR) is 55.3 cm³/mol. The fourth-order valence-corrected chi connectivity index (χ4v) is 0.781. The fourth-order valence-electron chi connectivity index (χ4n) is 0.781. The van der Waals surface area contributed by atoms with E-state index in [1.54, 1.807) is 5.32 Å². The summed E-state index contributed by atoms with van der Waals surface area (Å²) in [5.41, 5.74) is 0. The lowest BCUT2D eigenvalue weighted by molar-refractivity contribution is -0.137. The zero-order valence-electron chi connectivity index (χ0n) is 9.65. The molecule has 0 aromatic rings. The summed E-state index contributed by atoms with van der Waals surface area (Å²) in [6.07, 6.45) is -4.45. The van der Waals surface area contributed by atoms with Gasteiger partial charge >= 0.3 is 12.2 Å². The van der Waals surface area contributed by atoms with E-state index in [0.717, 1.165) is 0 Å². The van der Waals surface area contributed by atoms with Crippen LogP contribution in [-0.2, 0) is 4.79 Å². The van der Waals surface area contributed by atoms with Crippen molar-refractivity contribution in [2.24, 2.45) is 5.92 Å². The maximum atomic E-state index is 11.7. The van der Waals surface area contributed by atoms with Gasteiger partial charge in [-0.05, 0) is 5.92 Å². The summed E-state index contributed by atoms with van der Waals surface area (Å²) in [7, 11) is 0. The van der Waals surface area contributed by atoms with Crippen molar-refractivity contribution >= 4 is 11.9 Å². The standard InChI is InChI=1S/C9H16F3N3O2/c1-6(2)3-13-8(17)14-4-7(16)15-5-9(10,11)12/h6H,3-5H2,1-2H3,(H,15,16)(H2,13,14,17). The number of nitrogens with one attached hydrogen (secondary N) is 3. The molecule has 0 heterocycles. The second-order valence-electron chi connectivity index (χ2n) is 3.85. The van der Waals surface area contributed by atoms with Crippen molar-refractivity contribution in [1.29, 1.82) is 0 Å². The molecule has 0 aliphatic carbocycles. The quantitative estimate of drug-likeness (QED) is 0.674. The second kappa shape index (κ2) is 6.97.